The molecule has 0 radical (unpaired) electrons. The molecule has 1 atom stereocenters. The van der Waals surface area contributed by atoms with Crippen LogP contribution in [0.4, 0.5) is 5.69 Å². The molecule has 2 rings (SSSR count). The molecule has 26 heavy (non-hydrogen) atoms. The van der Waals surface area contributed by atoms with Crippen LogP contribution in [-0.4, -0.2) is 32.2 Å². The van der Waals surface area contributed by atoms with Crippen LogP contribution >= 0.6 is 0 Å². The molecule has 0 saturated carbocycles. The zero-order valence-electron chi connectivity index (χ0n) is 15.6. The molecule has 0 heterocycles. The lowest BCUT2D eigenvalue weighted by atomic mass is 10.1. The van der Waals surface area contributed by atoms with E-state index in [1.54, 1.807) is 18.2 Å². The Morgan fingerprint density at radius 3 is 2.19 bits per heavy atom. The summed E-state index contributed by atoms with van der Waals surface area (Å²) in [4.78, 5) is 24.9. The minimum atomic E-state index is -0.989. The Morgan fingerprint density at radius 2 is 1.62 bits per heavy atom. The molecule has 2 aromatic carbocycles. The Morgan fingerprint density at radius 1 is 1.00 bits per heavy atom. The van der Waals surface area contributed by atoms with Gasteiger partial charge in [0, 0.05) is 5.69 Å². The highest BCUT2D eigenvalue weighted by molar-refractivity contribution is 6.00. The predicted octanol–water partition coefficient (Wildman–Crippen LogP) is 3.50. The maximum Gasteiger partial charge on any atom is 0.346 e. The molecule has 138 valence electrons. The van der Waals surface area contributed by atoms with E-state index in [4.69, 9.17) is 14.2 Å². The van der Waals surface area contributed by atoms with Gasteiger partial charge in [0.15, 0.2) is 6.10 Å². The van der Waals surface area contributed by atoms with Gasteiger partial charge in [-0.2, -0.15) is 0 Å². The highest BCUT2D eigenvalue weighted by Crippen LogP contribution is 2.29. The number of nitrogens with one attached hydrogen (secondary N) is 1. The minimum Gasteiger partial charge on any atom is -0.496 e. The average Bonchev–Trinajstić information content (AvgIpc) is 2.63. The fourth-order valence-electron chi connectivity index (χ4n) is 2.43. The molecule has 6 heteroatoms. The number of carbonyl (C=O) groups is 2. The zero-order chi connectivity index (χ0) is 19.3. The summed E-state index contributed by atoms with van der Waals surface area (Å²) in [6.45, 7) is 5.35. The first-order valence-corrected chi connectivity index (χ1v) is 8.17. The van der Waals surface area contributed by atoms with Gasteiger partial charge in [-0.15, -0.1) is 0 Å². The summed E-state index contributed by atoms with van der Waals surface area (Å²) in [7, 11) is 2.89. The molecule has 0 aliphatic rings. The van der Waals surface area contributed by atoms with Gasteiger partial charge in [0.05, 0.1) is 14.2 Å². The normalized spacial score (nSPS) is 11.4. The molecule has 0 bridgehead atoms. The first-order chi connectivity index (χ1) is 12.4. The Hall–Kier alpha value is -3.02. The number of rotatable bonds is 6. The summed E-state index contributed by atoms with van der Waals surface area (Å²) in [6.07, 6.45) is -0.989. The van der Waals surface area contributed by atoms with Gasteiger partial charge >= 0.3 is 5.97 Å². The number of anilines is 1. The van der Waals surface area contributed by atoms with Gasteiger partial charge in [0.1, 0.15) is 17.1 Å². The topological polar surface area (TPSA) is 73.9 Å². The predicted molar refractivity (Wildman–Crippen MR) is 99.0 cm³/mol. The van der Waals surface area contributed by atoms with Crippen molar-refractivity contribution in [2.45, 2.75) is 26.9 Å². The van der Waals surface area contributed by atoms with Crippen molar-refractivity contribution in [2.75, 3.05) is 19.5 Å². The SMILES string of the molecule is COc1cccc(OC)c1C(=O)O[C@H](C)C(=O)Nc1cc(C)ccc1C. The molecule has 0 aliphatic carbocycles. The third-order valence-corrected chi connectivity index (χ3v) is 3.94. The van der Waals surface area contributed by atoms with Crippen LogP contribution in [0.1, 0.15) is 28.4 Å². The van der Waals surface area contributed by atoms with E-state index in [0.717, 1.165) is 11.1 Å². The molecule has 0 aliphatic heterocycles. The number of ether oxygens (including phenoxy) is 3. The van der Waals surface area contributed by atoms with Gasteiger partial charge in [0.2, 0.25) is 0 Å². The third-order valence-electron chi connectivity index (χ3n) is 3.94. The van der Waals surface area contributed by atoms with Crippen molar-refractivity contribution in [3.63, 3.8) is 0 Å². The van der Waals surface area contributed by atoms with Gasteiger partial charge in [0.25, 0.3) is 5.91 Å². The molecule has 2 aromatic rings. The van der Waals surface area contributed by atoms with E-state index >= 15 is 0 Å². The van der Waals surface area contributed by atoms with Crippen molar-refractivity contribution in [1.82, 2.24) is 0 Å². The number of methoxy groups -OCH3 is 2. The van der Waals surface area contributed by atoms with Crippen molar-refractivity contribution in [2.24, 2.45) is 0 Å². The molecule has 0 spiro atoms. The van der Waals surface area contributed by atoms with E-state index < -0.39 is 18.0 Å². The van der Waals surface area contributed by atoms with Gasteiger partial charge in [-0.25, -0.2) is 4.79 Å². The lowest BCUT2D eigenvalue weighted by molar-refractivity contribution is -0.123. The van der Waals surface area contributed by atoms with Crippen molar-refractivity contribution >= 4 is 17.6 Å². The van der Waals surface area contributed by atoms with Crippen LogP contribution in [0.2, 0.25) is 0 Å². The second-order valence-electron chi connectivity index (χ2n) is 5.89. The Balaban J connectivity index is 2.14. The summed E-state index contributed by atoms with van der Waals surface area (Å²) in [5.74, 6) is -0.475. The number of esters is 1. The van der Waals surface area contributed by atoms with Crippen LogP contribution in [-0.2, 0) is 9.53 Å². The summed E-state index contributed by atoms with van der Waals surface area (Å²) < 4.78 is 15.7. The number of hydrogen-bond donors (Lipinski definition) is 1. The van der Waals surface area contributed by atoms with Gasteiger partial charge in [-0.05, 0) is 50.1 Å². The van der Waals surface area contributed by atoms with E-state index in [9.17, 15) is 9.59 Å². The van der Waals surface area contributed by atoms with Gasteiger partial charge in [-0.1, -0.05) is 18.2 Å². The van der Waals surface area contributed by atoms with Crippen molar-refractivity contribution < 1.29 is 23.8 Å². The number of carbonyl (C=O) groups excluding carboxylic acids is 2. The molecule has 0 fully saturated rings. The minimum absolute atomic E-state index is 0.142. The van der Waals surface area contributed by atoms with Crippen LogP contribution in [0.5, 0.6) is 11.5 Å². The molecule has 6 nitrogen and oxygen atoms in total. The molecule has 0 saturated heterocycles. The van der Waals surface area contributed by atoms with E-state index in [2.05, 4.69) is 5.32 Å². The van der Waals surface area contributed by atoms with E-state index in [-0.39, 0.29) is 5.56 Å². The number of aryl methyl sites for hydroxylation is 2. The number of amides is 1. The van der Waals surface area contributed by atoms with E-state index in [1.807, 2.05) is 32.0 Å². The van der Waals surface area contributed by atoms with Crippen molar-refractivity contribution in [3.8, 4) is 11.5 Å². The highest BCUT2D eigenvalue weighted by atomic mass is 16.6. The summed E-state index contributed by atoms with van der Waals surface area (Å²) in [5.41, 5.74) is 2.78. The summed E-state index contributed by atoms with van der Waals surface area (Å²) in [6, 6.07) is 10.7. The second-order valence-corrected chi connectivity index (χ2v) is 5.89. The van der Waals surface area contributed by atoms with E-state index in [1.165, 1.54) is 21.1 Å². The number of hydrogen-bond acceptors (Lipinski definition) is 5. The molecule has 0 unspecified atom stereocenters. The Labute approximate surface area is 153 Å². The zero-order valence-corrected chi connectivity index (χ0v) is 15.6. The van der Waals surface area contributed by atoms with Crippen LogP contribution in [0.3, 0.4) is 0 Å². The number of benzene rings is 2. The molecule has 0 aromatic heterocycles. The van der Waals surface area contributed by atoms with Crippen LogP contribution in [0.15, 0.2) is 36.4 Å². The molecular weight excluding hydrogens is 334 g/mol. The van der Waals surface area contributed by atoms with Crippen LogP contribution < -0.4 is 14.8 Å². The lowest BCUT2D eigenvalue weighted by Gasteiger charge is -2.17. The fraction of sp³-hybridized carbons (Fsp3) is 0.300. The first kappa shape index (κ1) is 19.3. The molecule has 1 amide bonds. The smallest absolute Gasteiger partial charge is 0.346 e. The Kier molecular flexibility index (Phi) is 6.22. The van der Waals surface area contributed by atoms with E-state index in [0.29, 0.717) is 17.2 Å². The summed E-state index contributed by atoms with van der Waals surface area (Å²) in [5, 5.41) is 2.79. The second kappa shape index (κ2) is 8.38. The van der Waals surface area contributed by atoms with Gasteiger partial charge in [-0.3, -0.25) is 4.79 Å². The third kappa shape index (κ3) is 4.33. The first-order valence-electron chi connectivity index (χ1n) is 8.17. The quantitative estimate of drug-likeness (QED) is 0.801. The standard InChI is InChI=1S/C20H23NO5/c1-12-9-10-13(2)15(11-12)21-19(22)14(3)26-20(23)18-16(24-4)7-6-8-17(18)25-5/h6-11,14H,1-5H3,(H,21,22)/t14-/m1/s1. The molecular formula is C20H23NO5. The average molecular weight is 357 g/mol. The fourth-order valence-corrected chi connectivity index (χ4v) is 2.43. The monoisotopic (exact) mass is 357 g/mol. The Bertz CT molecular complexity index is 794. The molecule has 1 N–H and O–H groups in total. The highest BCUT2D eigenvalue weighted by Gasteiger charge is 2.25. The lowest BCUT2D eigenvalue weighted by Crippen LogP contribution is -2.30. The summed E-state index contributed by atoms with van der Waals surface area (Å²) >= 11 is 0. The maximum atomic E-state index is 12.5. The maximum absolute atomic E-state index is 12.5. The van der Waals surface area contributed by atoms with Crippen molar-refractivity contribution in [1.29, 1.82) is 0 Å². The van der Waals surface area contributed by atoms with Crippen LogP contribution in [0, 0.1) is 13.8 Å². The van der Waals surface area contributed by atoms with Gasteiger partial charge < -0.3 is 19.5 Å². The van der Waals surface area contributed by atoms with Crippen LogP contribution in [0.25, 0.3) is 0 Å². The largest absolute Gasteiger partial charge is 0.496 e. The van der Waals surface area contributed by atoms with Crippen molar-refractivity contribution in [3.05, 3.63) is 53.1 Å².